The Morgan fingerprint density at radius 3 is 2.33 bits per heavy atom. The van der Waals surface area contributed by atoms with Crippen molar-refractivity contribution >= 4 is 17.3 Å². The van der Waals surface area contributed by atoms with Gasteiger partial charge in [-0.15, -0.1) is 0 Å². The lowest BCUT2D eigenvalue weighted by Crippen LogP contribution is -2.21. The van der Waals surface area contributed by atoms with Crippen LogP contribution in [0.2, 0.25) is 0 Å². The number of rotatable bonds is 2. The molecule has 0 spiro atoms. The number of hydrogen-bond acceptors (Lipinski definition) is 3. The molecule has 3 nitrogen and oxygen atoms in total. The average molecular weight is 285 g/mol. The van der Waals surface area contributed by atoms with Gasteiger partial charge in [-0.25, -0.2) is 8.78 Å². The van der Waals surface area contributed by atoms with E-state index in [-0.39, 0.29) is 22.7 Å². The largest absolute Gasteiger partial charge is 0.350 e. The summed E-state index contributed by atoms with van der Waals surface area (Å²) in [7, 11) is 0. The number of benzene rings is 2. The highest BCUT2D eigenvalue weighted by molar-refractivity contribution is 6.25. The van der Waals surface area contributed by atoms with Crippen LogP contribution in [0.5, 0.6) is 0 Å². The second-order valence-electron chi connectivity index (χ2n) is 4.52. The second-order valence-corrected chi connectivity index (χ2v) is 4.52. The van der Waals surface area contributed by atoms with Gasteiger partial charge in [-0.1, -0.05) is 30.3 Å². The molecule has 1 aliphatic rings. The molecule has 0 aromatic heterocycles. The fourth-order valence-corrected chi connectivity index (χ4v) is 2.15. The SMILES string of the molecule is O=C1C=C(Nc2cccc(F)c2F)C(=O)c2ccccc21. The average Bonchev–Trinajstić information content (AvgIpc) is 2.49. The molecule has 0 aliphatic heterocycles. The Hall–Kier alpha value is -2.82. The molecule has 0 heterocycles. The highest BCUT2D eigenvalue weighted by atomic mass is 19.2. The molecular weight excluding hydrogens is 276 g/mol. The lowest BCUT2D eigenvalue weighted by molar-refractivity contribution is 0.0985. The van der Waals surface area contributed by atoms with Crippen LogP contribution in [0.1, 0.15) is 20.7 Å². The van der Waals surface area contributed by atoms with Crippen LogP contribution in [-0.4, -0.2) is 11.6 Å². The quantitative estimate of drug-likeness (QED) is 0.920. The molecule has 0 bridgehead atoms. The van der Waals surface area contributed by atoms with Crippen LogP contribution in [0.3, 0.4) is 0 Å². The van der Waals surface area contributed by atoms with Crippen molar-refractivity contribution in [3.63, 3.8) is 0 Å². The molecule has 0 amide bonds. The van der Waals surface area contributed by atoms with Crippen molar-refractivity contribution in [2.45, 2.75) is 0 Å². The zero-order valence-electron chi connectivity index (χ0n) is 10.7. The molecule has 1 N–H and O–H groups in total. The summed E-state index contributed by atoms with van der Waals surface area (Å²) < 4.78 is 26.8. The second kappa shape index (κ2) is 4.94. The van der Waals surface area contributed by atoms with E-state index in [4.69, 9.17) is 0 Å². The zero-order chi connectivity index (χ0) is 15.0. The third-order valence-corrected chi connectivity index (χ3v) is 3.18. The summed E-state index contributed by atoms with van der Waals surface area (Å²) in [5.74, 6) is -2.92. The van der Waals surface area contributed by atoms with Gasteiger partial charge in [0.25, 0.3) is 0 Å². The molecular formula is C16H9F2NO2. The van der Waals surface area contributed by atoms with E-state index < -0.39 is 17.4 Å². The Bertz CT molecular complexity index is 797. The number of anilines is 1. The number of nitrogens with one attached hydrogen (secondary N) is 1. The van der Waals surface area contributed by atoms with Crippen LogP contribution in [0.4, 0.5) is 14.5 Å². The van der Waals surface area contributed by atoms with E-state index in [1.54, 1.807) is 18.2 Å². The minimum absolute atomic E-state index is 0.0804. The first kappa shape index (κ1) is 13.2. The first-order valence-electron chi connectivity index (χ1n) is 6.18. The van der Waals surface area contributed by atoms with Crippen molar-refractivity contribution in [3.05, 3.63) is 77.0 Å². The first-order valence-corrected chi connectivity index (χ1v) is 6.18. The Balaban J connectivity index is 2.00. The molecule has 1 aliphatic carbocycles. The van der Waals surface area contributed by atoms with E-state index in [0.29, 0.717) is 5.56 Å². The van der Waals surface area contributed by atoms with E-state index in [0.717, 1.165) is 12.1 Å². The normalized spacial score (nSPS) is 13.7. The molecule has 0 fully saturated rings. The molecule has 0 saturated carbocycles. The van der Waals surface area contributed by atoms with E-state index in [1.165, 1.54) is 18.2 Å². The van der Waals surface area contributed by atoms with E-state index in [2.05, 4.69) is 5.32 Å². The molecule has 5 heteroatoms. The molecule has 3 rings (SSSR count). The molecule has 21 heavy (non-hydrogen) atoms. The van der Waals surface area contributed by atoms with Gasteiger partial charge >= 0.3 is 0 Å². The summed E-state index contributed by atoms with van der Waals surface area (Å²) in [6.07, 6.45) is 1.09. The summed E-state index contributed by atoms with van der Waals surface area (Å²) in [5, 5.41) is 2.49. The molecule has 0 atom stereocenters. The smallest absolute Gasteiger partial charge is 0.210 e. The monoisotopic (exact) mass is 285 g/mol. The Morgan fingerprint density at radius 2 is 1.57 bits per heavy atom. The number of ketones is 2. The number of halogens is 2. The Kier molecular flexibility index (Phi) is 3.10. The van der Waals surface area contributed by atoms with Crippen molar-refractivity contribution < 1.29 is 18.4 Å². The van der Waals surface area contributed by atoms with Gasteiger partial charge in [0, 0.05) is 17.2 Å². The number of Topliss-reactive ketones (excluding diaryl/α,β-unsaturated/α-hetero) is 1. The topological polar surface area (TPSA) is 46.2 Å². The predicted molar refractivity (Wildman–Crippen MR) is 73.2 cm³/mol. The van der Waals surface area contributed by atoms with Gasteiger partial charge in [-0.05, 0) is 12.1 Å². The van der Waals surface area contributed by atoms with E-state index in [9.17, 15) is 18.4 Å². The van der Waals surface area contributed by atoms with Gasteiger partial charge in [0.05, 0.1) is 11.4 Å². The maximum Gasteiger partial charge on any atom is 0.210 e. The van der Waals surface area contributed by atoms with Crippen molar-refractivity contribution in [1.29, 1.82) is 0 Å². The van der Waals surface area contributed by atoms with Crippen LogP contribution in [0, 0.1) is 11.6 Å². The maximum absolute atomic E-state index is 13.6. The summed E-state index contributed by atoms with van der Waals surface area (Å²) >= 11 is 0. The molecule has 0 radical (unpaired) electrons. The highest BCUT2D eigenvalue weighted by Gasteiger charge is 2.25. The molecule has 2 aromatic carbocycles. The van der Waals surface area contributed by atoms with Crippen LogP contribution >= 0.6 is 0 Å². The lowest BCUT2D eigenvalue weighted by Gasteiger charge is -2.16. The highest BCUT2D eigenvalue weighted by Crippen LogP contribution is 2.24. The minimum Gasteiger partial charge on any atom is -0.350 e. The van der Waals surface area contributed by atoms with E-state index >= 15 is 0 Å². The number of fused-ring (bicyclic) bond motifs is 1. The van der Waals surface area contributed by atoms with Crippen LogP contribution in [-0.2, 0) is 0 Å². The minimum atomic E-state index is -1.10. The van der Waals surface area contributed by atoms with Crippen molar-refractivity contribution in [3.8, 4) is 0 Å². The predicted octanol–water partition coefficient (Wildman–Crippen LogP) is 3.34. The number of hydrogen-bond donors (Lipinski definition) is 1. The van der Waals surface area contributed by atoms with Gasteiger partial charge < -0.3 is 5.32 Å². The summed E-state index contributed by atoms with van der Waals surface area (Å²) in [5.41, 5.74) is 0.266. The van der Waals surface area contributed by atoms with Crippen molar-refractivity contribution in [2.75, 3.05) is 5.32 Å². The van der Waals surface area contributed by atoms with E-state index in [1.807, 2.05) is 0 Å². The molecule has 0 saturated heterocycles. The Labute approximate surface area is 118 Å². The standard InChI is InChI=1S/C16H9F2NO2/c17-11-6-3-7-12(15(11)18)19-13-8-14(20)9-4-1-2-5-10(9)16(13)21/h1-8,19H. The first-order chi connectivity index (χ1) is 10.1. The third-order valence-electron chi connectivity index (χ3n) is 3.18. The van der Waals surface area contributed by atoms with Crippen LogP contribution < -0.4 is 5.32 Å². The summed E-state index contributed by atoms with van der Waals surface area (Å²) in [4.78, 5) is 24.2. The third kappa shape index (κ3) is 2.23. The maximum atomic E-state index is 13.6. The van der Waals surface area contributed by atoms with Gasteiger partial charge in [-0.3, -0.25) is 9.59 Å². The lowest BCUT2D eigenvalue weighted by atomic mass is 9.92. The Morgan fingerprint density at radius 1 is 0.857 bits per heavy atom. The summed E-state index contributed by atoms with van der Waals surface area (Å²) in [6, 6.07) is 9.93. The van der Waals surface area contributed by atoms with Crippen molar-refractivity contribution in [1.82, 2.24) is 0 Å². The van der Waals surface area contributed by atoms with Crippen molar-refractivity contribution in [2.24, 2.45) is 0 Å². The molecule has 0 unspecified atom stereocenters. The fraction of sp³-hybridized carbons (Fsp3) is 0. The number of carbonyl (C=O) groups is 2. The molecule has 104 valence electrons. The number of carbonyl (C=O) groups excluding carboxylic acids is 2. The zero-order valence-corrected chi connectivity index (χ0v) is 10.7. The van der Waals surface area contributed by atoms with Gasteiger partial charge in [0.15, 0.2) is 17.4 Å². The van der Waals surface area contributed by atoms with Crippen LogP contribution in [0.25, 0.3) is 0 Å². The molecule has 2 aromatic rings. The van der Waals surface area contributed by atoms with Gasteiger partial charge in [-0.2, -0.15) is 0 Å². The van der Waals surface area contributed by atoms with Gasteiger partial charge in [0.1, 0.15) is 0 Å². The number of allylic oxidation sites excluding steroid dienone is 2. The fourth-order valence-electron chi connectivity index (χ4n) is 2.15. The van der Waals surface area contributed by atoms with Crippen LogP contribution in [0.15, 0.2) is 54.2 Å². The summed E-state index contributed by atoms with van der Waals surface area (Å²) in [6.45, 7) is 0. The van der Waals surface area contributed by atoms with Gasteiger partial charge in [0.2, 0.25) is 5.78 Å².